The van der Waals surface area contributed by atoms with E-state index in [2.05, 4.69) is 15.8 Å². The van der Waals surface area contributed by atoms with Crippen LogP contribution in [0, 0.1) is 11.6 Å². The normalized spacial score (nSPS) is 11.0. The number of hydrogen-bond acceptors (Lipinski definition) is 5. The number of anilines is 2. The zero-order valence-corrected chi connectivity index (χ0v) is 14.7. The van der Waals surface area contributed by atoms with Crippen molar-refractivity contribution < 1.29 is 23.5 Å². The minimum absolute atomic E-state index is 0.0140. The predicted octanol–water partition coefficient (Wildman–Crippen LogP) is 0.507. The van der Waals surface area contributed by atoms with Gasteiger partial charge in [-0.3, -0.25) is 9.63 Å². The quantitative estimate of drug-likeness (QED) is 0.333. The van der Waals surface area contributed by atoms with Crippen LogP contribution in [0.4, 0.5) is 20.2 Å². The molecule has 1 heterocycles. The van der Waals surface area contributed by atoms with Crippen molar-refractivity contribution in [2.24, 2.45) is 7.05 Å². The maximum atomic E-state index is 15.1. The van der Waals surface area contributed by atoms with Crippen LogP contribution in [0.3, 0.4) is 0 Å². The Bertz CT molecular complexity index is 1010. The number of aliphatic hydroxyl groups is 1. The Balaban J connectivity index is 2.09. The second kappa shape index (κ2) is 7.72. The Morgan fingerprint density at radius 2 is 2.15 bits per heavy atom. The summed E-state index contributed by atoms with van der Waals surface area (Å²) in [5, 5.41) is 11.4. The molecule has 0 aliphatic carbocycles. The largest absolute Gasteiger partial charge is 0.394 e. The molecule has 10 heteroatoms. The molecule has 0 radical (unpaired) electrons. The minimum Gasteiger partial charge on any atom is -0.394 e. The van der Waals surface area contributed by atoms with Crippen molar-refractivity contribution in [2.75, 3.05) is 18.5 Å². The van der Waals surface area contributed by atoms with E-state index in [-0.39, 0.29) is 35.7 Å². The van der Waals surface area contributed by atoms with Gasteiger partial charge in [-0.15, -0.1) is 0 Å². The van der Waals surface area contributed by atoms with E-state index in [0.29, 0.717) is 11.0 Å². The van der Waals surface area contributed by atoms with Crippen molar-refractivity contribution >= 4 is 41.6 Å². The summed E-state index contributed by atoms with van der Waals surface area (Å²) in [6.07, 6.45) is 1.41. The van der Waals surface area contributed by atoms with Crippen LogP contribution < -0.4 is 16.3 Å². The number of benzene rings is 2. The number of halogens is 2. The predicted molar refractivity (Wildman–Crippen MR) is 99.0 cm³/mol. The molecule has 27 heavy (non-hydrogen) atoms. The van der Waals surface area contributed by atoms with Crippen LogP contribution in [0.25, 0.3) is 11.0 Å². The summed E-state index contributed by atoms with van der Waals surface area (Å²) in [5.41, 5.74) is 2.94. The fourth-order valence-electron chi connectivity index (χ4n) is 2.60. The van der Waals surface area contributed by atoms with E-state index in [1.54, 1.807) is 25.5 Å². The summed E-state index contributed by atoms with van der Waals surface area (Å²) < 4.78 is 30.8. The molecule has 0 saturated heterocycles. The number of nitrogens with one attached hydrogen (secondary N) is 2. The highest BCUT2D eigenvalue weighted by atomic mass is 19.1. The van der Waals surface area contributed by atoms with Gasteiger partial charge in [0.15, 0.2) is 5.82 Å². The molecule has 1 amide bonds. The van der Waals surface area contributed by atoms with Crippen LogP contribution in [0.15, 0.2) is 30.6 Å². The number of amides is 1. The van der Waals surface area contributed by atoms with Crippen LogP contribution >= 0.6 is 0 Å². The maximum absolute atomic E-state index is 15.1. The van der Waals surface area contributed by atoms with Gasteiger partial charge in [0.25, 0.3) is 5.91 Å². The number of carbonyl (C=O) groups is 1. The van der Waals surface area contributed by atoms with Crippen LogP contribution in [-0.2, 0) is 11.9 Å². The molecule has 0 saturated carbocycles. The van der Waals surface area contributed by atoms with Gasteiger partial charge >= 0.3 is 0 Å². The lowest BCUT2D eigenvalue weighted by Gasteiger charge is -2.15. The monoisotopic (exact) mass is 374 g/mol. The van der Waals surface area contributed by atoms with Gasteiger partial charge in [0.05, 0.1) is 42.0 Å². The van der Waals surface area contributed by atoms with E-state index in [4.69, 9.17) is 9.94 Å². The SMILES string of the molecule is Bc1ccc(Nc2c(C(=O)NOCCO)cc3c(ncn3C)c2F)c(F)c1. The van der Waals surface area contributed by atoms with Gasteiger partial charge in [-0.2, -0.15) is 0 Å². The molecule has 3 rings (SSSR count). The third-order valence-electron chi connectivity index (χ3n) is 3.95. The van der Waals surface area contributed by atoms with Crippen LogP contribution in [-0.4, -0.2) is 41.6 Å². The third kappa shape index (κ3) is 3.76. The second-order valence-electron chi connectivity index (χ2n) is 5.95. The highest BCUT2D eigenvalue weighted by molar-refractivity contribution is 6.32. The number of fused-ring (bicyclic) bond motifs is 1. The number of hydrogen-bond donors (Lipinski definition) is 3. The lowest BCUT2D eigenvalue weighted by atomic mass is 9.96. The molecule has 3 aromatic rings. The van der Waals surface area contributed by atoms with Crippen molar-refractivity contribution in [2.45, 2.75) is 0 Å². The standard InChI is InChI=1S/C17H17BF2N4O3/c1-24-8-21-16-13(24)7-10(17(26)23-27-5-4-25)15(14(16)20)22-12-3-2-9(18)6-11(12)19/h2-3,6-8,22,25H,4-5,18H2,1H3,(H,23,26). The number of aromatic nitrogens is 2. The molecule has 0 spiro atoms. The topological polar surface area (TPSA) is 88.4 Å². The molecule has 2 aromatic carbocycles. The molecule has 0 bridgehead atoms. The van der Waals surface area contributed by atoms with E-state index in [1.807, 2.05) is 0 Å². The van der Waals surface area contributed by atoms with E-state index < -0.39 is 17.5 Å². The highest BCUT2D eigenvalue weighted by Crippen LogP contribution is 2.31. The van der Waals surface area contributed by atoms with Crippen molar-refractivity contribution in [1.82, 2.24) is 15.0 Å². The number of hydroxylamine groups is 1. The number of rotatable bonds is 6. The van der Waals surface area contributed by atoms with Crippen molar-refractivity contribution in [3.05, 3.63) is 47.8 Å². The van der Waals surface area contributed by atoms with Gasteiger partial charge in [-0.25, -0.2) is 19.2 Å². The zero-order valence-electron chi connectivity index (χ0n) is 14.7. The molecule has 0 fully saturated rings. The molecule has 1 aromatic heterocycles. The Morgan fingerprint density at radius 3 is 2.85 bits per heavy atom. The Morgan fingerprint density at radius 1 is 1.37 bits per heavy atom. The van der Waals surface area contributed by atoms with Gasteiger partial charge in [0.2, 0.25) is 0 Å². The fourth-order valence-corrected chi connectivity index (χ4v) is 2.60. The Hall–Kier alpha value is -2.98. The molecule has 3 N–H and O–H groups in total. The molecule has 0 aliphatic rings. The number of imidazole rings is 1. The van der Waals surface area contributed by atoms with Crippen molar-refractivity contribution in [3.8, 4) is 0 Å². The maximum Gasteiger partial charge on any atom is 0.277 e. The molecular weight excluding hydrogens is 357 g/mol. The summed E-state index contributed by atoms with van der Waals surface area (Å²) in [7, 11) is 3.39. The van der Waals surface area contributed by atoms with Gasteiger partial charge < -0.3 is 15.0 Å². The van der Waals surface area contributed by atoms with Gasteiger partial charge in [-0.1, -0.05) is 11.5 Å². The zero-order chi connectivity index (χ0) is 19.6. The summed E-state index contributed by atoms with van der Waals surface area (Å²) in [6.45, 7) is -0.424. The number of carbonyl (C=O) groups excluding carboxylic acids is 1. The highest BCUT2D eigenvalue weighted by Gasteiger charge is 2.22. The molecule has 140 valence electrons. The lowest BCUT2D eigenvalue weighted by Crippen LogP contribution is -2.26. The number of aliphatic hydroxyl groups excluding tert-OH is 1. The summed E-state index contributed by atoms with van der Waals surface area (Å²) in [6, 6.07) is 5.84. The van der Waals surface area contributed by atoms with Gasteiger partial charge in [0, 0.05) is 7.05 Å². The first-order valence-corrected chi connectivity index (χ1v) is 8.12. The smallest absolute Gasteiger partial charge is 0.277 e. The van der Waals surface area contributed by atoms with Crippen LogP contribution in [0.2, 0.25) is 0 Å². The molecule has 0 unspecified atom stereocenters. The van der Waals surface area contributed by atoms with Gasteiger partial charge in [-0.05, 0) is 18.2 Å². The molecule has 7 nitrogen and oxygen atoms in total. The van der Waals surface area contributed by atoms with Crippen LogP contribution in [0.5, 0.6) is 0 Å². The van der Waals surface area contributed by atoms with E-state index in [1.165, 1.54) is 24.5 Å². The Kier molecular flexibility index (Phi) is 5.38. The number of aryl methyl sites for hydroxylation is 1. The molecular formula is C17H17BF2N4O3. The molecule has 0 atom stereocenters. The fraction of sp³-hybridized carbons (Fsp3) is 0.176. The lowest BCUT2D eigenvalue weighted by molar-refractivity contribution is 0.0169. The van der Waals surface area contributed by atoms with Crippen LogP contribution in [0.1, 0.15) is 10.4 Å². The second-order valence-corrected chi connectivity index (χ2v) is 5.95. The summed E-state index contributed by atoms with van der Waals surface area (Å²) in [4.78, 5) is 21.3. The first-order valence-electron chi connectivity index (χ1n) is 8.12. The number of nitrogens with zero attached hydrogens (tertiary/aromatic N) is 2. The van der Waals surface area contributed by atoms with E-state index >= 15 is 4.39 Å². The molecule has 0 aliphatic heterocycles. The summed E-state index contributed by atoms with van der Waals surface area (Å²) >= 11 is 0. The average molecular weight is 374 g/mol. The van der Waals surface area contributed by atoms with E-state index in [9.17, 15) is 9.18 Å². The average Bonchev–Trinajstić information content (AvgIpc) is 3.00. The first kappa shape index (κ1) is 18.8. The van der Waals surface area contributed by atoms with E-state index in [0.717, 1.165) is 0 Å². The van der Waals surface area contributed by atoms with Gasteiger partial charge in [0.1, 0.15) is 19.2 Å². The van der Waals surface area contributed by atoms with Crippen molar-refractivity contribution in [3.63, 3.8) is 0 Å². The third-order valence-corrected chi connectivity index (χ3v) is 3.95. The Labute approximate surface area is 154 Å². The first-order chi connectivity index (χ1) is 12.9. The van der Waals surface area contributed by atoms with Crippen molar-refractivity contribution in [1.29, 1.82) is 0 Å². The minimum atomic E-state index is -0.791. The summed E-state index contributed by atoms with van der Waals surface area (Å²) in [5.74, 6) is -2.13.